The van der Waals surface area contributed by atoms with Crippen LogP contribution in [0.5, 0.6) is 0 Å². The highest BCUT2D eigenvalue weighted by molar-refractivity contribution is 14.2. The van der Waals surface area contributed by atoms with E-state index in [2.05, 4.69) is 36.1 Å². The smallest absolute Gasteiger partial charge is 0.255 e. The maximum Gasteiger partial charge on any atom is 0.255 e. The minimum atomic E-state index is -1.32. The number of aliphatic hydroxyl groups is 2. The van der Waals surface area contributed by atoms with Crippen molar-refractivity contribution in [2.24, 2.45) is 15.9 Å². The second-order valence-corrected chi connectivity index (χ2v) is 12.1. The van der Waals surface area contributed by atoms with Gasteiger partial charge in [0.2, 0.25) is 0 Å². The van der Waals surface area contributed by atoms with Crippen molar-refractivity contribution in [3.05, 3.63) is 45.6 Å². The second-order valence-electron chi connectivity index (χ2n) is 10.2. The first-order valence-electron chi connectivity index (χ1n) is 12.6. The van der Waals surface area contributed by atoms with E-state index in [-0.39, 0.29) is 5.92 Å². The molecule has 0 amide bonds. The highest BCUT2D eigenvalue weighted by atomic mass is 127. The van der Waals surface area contributed by atoms with E-state index in [1.165, 1.54) is 4.80 Å². The van der Waals surface area contributed by atoms with Gasteiger partial charge in [-0.05, 0) is 59.1 Å². The zero-order chi connectivity index (χ0) is 28.9. The molecule has 1 fully saturated rings. The van der Waals surface area contributed by atoms with Gasteiger partial charge in [0, 0.05) is 17.8 Å². The Morgan fingerprint density at radius 1 is 1.32 bits per heavy atom. The van der Waals surface area contributed by atoms with Crippen LogP contribution in [-0.2, 0) is 4.74 Å². The van der Waals surface area contributed by atoms with Crippen molar-refractivity contribution in [2.75, 3.05) is 5.32 Å². The van der Waals surface area contributed by atoms with Crippen molar-refractivity contribution in [3.63, 3.8) is 0 Å². The normalized spacial score (nSPS) is 19.6. The van der Waals surface area contributed by atoms with Gasteiger partial charge in [0.1, 0.15) is 11.8 Å². The molecule has 3 aromatic heterocycles. The van der Waals surface area contributed by atoms with Crippen molar-refractivity contribution >= 4 is 54.5 Å². The van der Waals surface area contributed by atoms with Gasteiger partial charge in [-0.15, -0.1) is 4.80 Å². The van der Waals surface area contributed by atoms with Crippen molar-refractivity contribution in [3.8, 4) is 11.8 Å². The first kappa shape index (κ1) is 29.5. The molecule has 3 N–H and O–H groups in total. The van der Waals surface area contributed by atoms with E-state index in [1.807, 2.05) is 33.8 Å². The van der Waals surface area contributed by atoms with E-state index in [9.17, 15) is 15.5 Å². The van der Waals surface area contributed by atoms with Gasteiger partial charge in [0.15, 0.2) is 11.6 Å². The summed E-state index contributed by atoms with van der Waals surface area (Å²) >= 11 is -0.705. The molecule has 4 rings (SSSR count). The van der Waals surface area contributed by atoms with E-state index in [0.717, 1.165) is 15.0 Å². The summed E-state index contributed by atoms with van der Waals surface area (Å²) in [7, 11) is 0. The number of aromatic nitrogens is 5. The third kappa shape index (κ3) is 7.60. The molecule has 0 bridgehead atoms. The zero-order valence-corrected chi connectivity index (χ0v) is 24.9. The number of hydrogen-bond donors (Lipinski definition) is 3. The number of rotatable bonds is 8. The number of anilines is 2. The number of aliphatic imine (C=N–C) groups is 2. The fourth-order valence-corrected chi connectivity index (χ4v) is 5.21. The topological polar surface area (TPSA) is 167 Å². The summed E-state index contributed by atoms with van der Waals surface area (Å²) in [4.78, 5) is 19.7. The van der Waals surface area contributed by atoms with Gasteiger partial charge in [0.05, 0.1) is 50.8 Å². The van der Waals surface area contributed by atoms with Crippen LogP contribution in [0, 0.1) is 27.7 Å². The Balaban J connectivity index is 1.68. The molecular formula is C27H32IN9O3. The molecule has 210 valence electrons. The molecule has 1 saturated carbocycles. The fraction of sp³-hybridized carbons (Fsp3) is 0.407. The van der Waals surface area contributed by atoms with Gasteiger partial charge in [-0.2, -0.15) is 15.5 Å². The first-order valence-corrected chi connectivity index (χ1v) is 15.3. The summed E-state index contributed by atoms with van der Waals surface area (Å²) < 4.78 is 10.4. The third-order valence-corrected chi connectivity index (χ3v) is 7.58. The molecule has 3 atom stereocenters. The first-order chi connectivity index (χ1) is 19.1. The van der Waals surface area contributed by atoms with Gasteiger partial charge < -0.3 is 20.3 Å². The molecule has 0 radical (unpaired) electrons. The highest BCUT2D eigenvalue weighted by Gasteiger charge is 2.26. The Morgan fingerprint density at radius 2 is 2.08 bits per heavy atom. The van der Waals surface area contributed by atoms with Crippen molar-refractivity contribution in [1.29, 1.82) is 5.26 Å². The number of halogens is 1. The summed E-state index contributed by atoms with van der Waals surface area (Å²) in [6.07, 6.45) is 6.09. The monoisotopic (exact) mass is 657 g/mol. The maximum atomic E-state index is 10.3. The molecule has 3 aromatic rings. The van der Waals surface area contributed by atoms with Gasteiger partial charge in [0.25, 0.3) is 6.41 Å². The predicted molar refractivity (Wildman–Crippen MR) is 162 cm³/mol. The van der Waals surface area contributed by atoms with E-state index in [4.69, 9.17) is 14.7 Å². The number of pyridine rings is 2. The van der Waals surface area contributed by atoms with Gasteiger partial charge >= 0.3 is 0 Å². The molecule has 1 aliphatic carbocycles. The summed E-state index contributed by atoms with van der Waals surface area (Å²) in [5.74, 6) is 0.495. The highest BCUT2D eigenvalue weighted by Crippen LogP contribution is 2.32. The minimum absolute atomic E-state index is 0.308. The lowest BCUT2D eigenvalue weighted by Crippen LogP contribution is -2.30. The number of aliphatic hydroxyl groups excluding tert-OH is 2. The number of ether oxygens (including phenoxy) is 1. The average Bonchev–Trinajstić information content (AvgIpc) is 3.44. The number of nitriles is 1. The van der Waals surface area contributed by atoms with Crippen LogP contribution >= 0.6 is 20.7 Å². The Morgan fingerprint density at radius 3 is 2.75 bits per heavy atom. The zero-order valence-electron chi connectivity index (χ0n) is 22.8. The summed E-state index contributed by atoms with van der Waals surface area (Å²) in [5, 5.41) is 41.9. The molecular weight excluding hydrogens is 625 g/mol. The number of nitrogens with zero attached hydrogens (tertiary/aromatic N) is 8. The van der Waals surface area contributed by atoms with Crippen LogP contribution in [0.4, 0.5) is 17.3 Å². The van der Waals surface area contributed by atoms with E-state index < -0.39 is 38.8 Å². The lowest BCUT2D eigenvalue weighted by molar-refractivity contribution is -0.159. The lowest BCUT2D eigenvalue weighted by atomic mass is 9.86. The summed E-state index contributed by atoms with van der Waals surface area (Å²) in [5.41, 5.74) is 2.62. The molecule has 12 nitrogen and oxygen atoms in total. The van der Waals surface area contributed by atoms with Crippen LogP contribution in [0.2, 0.25) is 0 Å². The molecule has 1 aliphatic rings. The standard InChI is InChI=1S/C27H32IN9O3/c1-16-23(37-32-8-9-33-37)12-19(15-30-16)34-24-17(13-29)11-21(28-5)25(36-24)35-22-7-6-20(38)10-18(22)14-31-26(39)40-27(2,3)4/h8-9,11-12,14-15,18,20,26,38-39H,5-7,10H2,1-4H3,(H,34,36)/t18?,20-,26?/m1/s1. The average molecular weight is 658 g/mol. The Hall–Kier alpha value is -3.45. The number of nitrogens with one attached hydrogen (secondary N) is 1. The van der Waals surface area contributed by atoms with Crippen molar-refractivity contribution in [2.45, 2.75) is 65.1 Å². The van der Waals surface area contributed by atoms with E-state index in [1.54, 1.807) is 30.9 Å². The predicted octanol–water partition coefficient (Wildman–Crippen LogP) is 3.95. The SMILES string of the molecule is C=Ic1cc(C#N)c(Nc2cnc(C)c(-n3nccn3)c2)nc1N=C1CC[C@@H](O)CC1C=NC(O)OC(C)(C)C. The minimum Gasteiger partial charge on any atom is -0.393 e. The number of hydrogen-bond acceptors (Lipinski definition) is 11. The molecule has 0 saturated heterocycles. The quantitative estimate of drug-likeness (QED) is 0.185. The van der Waals surface area contributed by atoms with Crippen LogP contribution in [-0.4, -0.2) is 69.7 Å². The van der Waals surface area contributed by atoms with Crippen LogP contribution in [0.15, 0.2) is 40.7 Å². The van der Waals surface area contributed by atoms with Crippen molar-refractivity contribution < 1.29 is 14.9 Å². The van der Waals surface area contributed by atoms with Gasteiger partial charge in [-0.3, -0.25) is 4.98 Å². The van der Waals surface area contributed by atoms with Gasteiger partial charge in [-0.1, -0.05) is 25.2 Å². The van der Waals surface area contributed by atoms with Crippen LogP contribution in [0.25, 0.3) is 5.69 Å². The number of aryl methyl sites for hydroxylation is 1. The molecule has 40 heavy (non-hydrogen) atoms. The Labute approximate surface area is 242 Å². The van der Waals surface area contributed by atoms with Crippen LogP contribution < -0.4 is 5.32 Å². The van der Waals surface area contributed by atoms with Crippen LogP contribution in [0.1, 0.15) is 51.3 Å². The molecule has 3 heterocycles. The molecule has 0 aliphatic heterocycles. The lowest BCUT2D eigenvalue weighted by Gasteiger charge is -2.26. The van der Waals surface area contributed by atoms with E-state index >= 15 is 0 Å². The maximum absolute atomic E-state index is 10.3. The molecule has 2 unspecified atom stereocenters. The Kier molecular flexibility index (Phi) is 9.46. The molecule has 0 aromatic carbocycles. The fourth-order valence-electron chi connectivity index (χ4n) is 4.10. The third-order valence-electron chi connectivity index (χ3n) is 5.97. The molecule has 13 heteroatoms. The van der Waals surface area contributed by atoms with Gasteiger partial charge in [-0.25, -0.2) is 15.0 Å². The second kappa shape index (κ2) is 12.8. The van der Waals surface area contributed by atoms with Crippen LogP contribution in [0.3, 0.4) is 0 Å². The van der Waals surface area contributed by atoms with Crippen molar-refractivity contribution in [1.82, 2.24) is 25.0 Å². The van der Waals surface area contributed by atoms with E-state index in [0.29, 0.717) is 47.8 Å². The summed E-state index contributed by atoms with van der Waals surface area (Å²) in [6.45, 7) is 7.35. The Bertz CT molecular complexity index is 1460. The molecule has 0 spiro atoms. The summed E-state index contributed by atoms with van der Waals surface area (Å²) in [6, 6.07) is 5.82. The largest absolute Gasteiger partial charge is 0.393 e.